The van der Waals surface area contributed by atoms with Gasteiger partial charge in [-0.15, -0.1) is 0 Å². The highest BCUT2D eigenvalue weighted by Crippen LogP contribution is 2.28. The Morgan fingerprint density at radius 2 is 1.67 bits per heavy atom. The van der Waals surface area contributed by atoms with E-state index in [1.165, 1.54) is 11.8 Å². The number of carbonyl (C=O) groups is 2. The second kappa shape index (κ2) is 9.59. The van der Waals surface area contributed by atoms with Gasteiger partial charge in [-0.3, -0.25) is 4.79 Å². The van der Waals surface area contributed by atoms with Crippen molar-refractivity contribution in [3.05, 3.63) is 89.6 Å². The van der Waals surface area contributed by atoms with Crippen molar-refractivity contribution >= 4 is 23.6 Å². The highest BCUT2D eigenvalue weighted by molar-refractivity contribution is 7.99. The molecule has 1 aliphatic heterocycles. The summed E-state index contributed by atoms with van der Waals surface area (Å²) >= 11 is 1.43. The molecule has 1 fully saturated rings. The van der Waals surface area contributed by atoms with Crippen LogP contribution in [0.25, 0.3) is 0 Å². The average Bonchev–Trinajstić information content (AvgIpc) is 3.33. The van der Waals surface area contributed by atoms with E-state index in [0.29, 0.717) is 16.2 Å². The van der Waals surface area contributed by atoms with Gasteiger partial charge in [0.15, 0.2) is 0 Å². The molecule has 5 nitrogen and oxygen atoms in total. The standard InChI is InChI=1S/C24H22N2O3S/c27-23(26-15-4-5-16-26)19-12-10-18(11-13-19)17-29-24(28)21-9-6-14-25-22(21)30-20-7-2-1-3-8-20/h1-3,6-14H,4-5,15-17H2. The number of hydrogen-bond donors (Lipinski definition) is 0. The number of likely N-dealkylation sites (tertiary alicyclic amines) is 1. The molecule has 6 heteroatoms. The molecule has 0 atom stereocenters. The van der Waals surface area contributed by atoms with Gasteiger partial charge in [0.25, 0.3) is 5.91 Å². The Morgan fingerprint density at radius 1 is 0.933 bits per heavy atom. The molecular formula is C24H22N2O3S. The summed E-state index contributed by atoms with van der Waals surface area (Å²) in [5, 5.41) is 0.611. The molecule has 3 aromatic rings. The number of hydrogen-bond acceptors (Lipinski definition) is 5. The minimum absolute atomic E-state index is 0.0639. The summed E-state index contributed by atoms with van der Waals surface area (Å²) in [6.45, 7) is 1.79. The lowest BCUT2D eigenvalue weighted by Gasteiger charge is -2.15. The molecule has 1 aromatic heterocycles. The van der Waals surface area contributed by atoms with E-state index < -0.39 is 5.97 Å². The molecule has 2 heterocycles. The zero-order chi connectivity index (χ0) is 20.8. The summed E-state index contributed by atoms with van der Waals surface area (Å²) in [5.74, 6) is -0.354. The summed E-state index contributed by atoms with van der Waals surface area (Å²) in [6, 6.07) is 20.5. The highest BCUT2D eigenvalue weighted by Gasteiger charge is 2.19. The van der Waals surface area contributed by atoms with E-state index in [1.807, 2.05) is 47.4 Å². The fourth-order valence-electron chi connectivity index (χ4n) is 3.30. The molecule has 2 aromatic carbocycles. The van der Waals surface area contributed by atoms with Gasteiger partial charge in [0.1, 0.15) is 11.6 Å². The molecular weight excluding hydrogens is 396 g/mol. The lowest BCUT2D eigenvalue weighted by molar-refractivity contribution is 0.0467. The summed E-state index contributed by atoms with van der Waals surface area (Å²) in [4.78, 5) is 32.3. The van der Waals surface area contributed by atoms with Gasteiger partial charge < -0.3 is 9.64 Å². The van der Waals surface area contributed by atoms with E-state index in [-0.39, 0.29) is 12.5 Å². The van der Waals surface area contributed by atoms with Gasteiger partial charge in [-0.1, -0.05) is 42.1 Å². The molecule has 1 amide bonds. The first-order valence-electron chi connectivity index (χ1n) is 9.94. The normalized spacial score (nSPS) is 13.3. The van der Waals surface area contributed by atoms with Gasteiger partial charge in [0.05, 0.1) is 5.56 Å². The second-order valence-electron chi connectivity index (χ2n) is 7.04. The third-order valence-electron chi connectivity index (χ3n) is 4.91. The van der Waals surface area contributed by atoms with Crippen molar-refractivity contribution < 1.29 is 14.3 Å². The largest absolute Gasteiger partial charge is 0.457 e. The molecule has 1 saturated heterocycles. The van der Waals surface area contributed by atoms with Crippen molar-refractivity contribution in [1.29, 1.82) is 0 Å². The number of esters is 1. The lowest BCUT2D eigenvalue weighted by Crippen LogP contribution is -2.27. The Hall–Kier alpha value is -3.12. The predicted molar refractivity (Wildman–Crippen MR) is 116 cm³/mol. The van der Waals surface area contributed by atoms with Crippen molar-refractivity contribution in [2.75, 3.05) is 13.1 Å². The van der Waals surface area contributed by atoms with Gasteiger partial charge in [-0.05, 0) is 54.8 Å². The van der Waals surface area contributed by atoms with Gasteiger partial charge in [-0.2, -0.15) is 0 Å². The van der Waals surface area contributed by atoms with Crippen LogP contribution in [0.15, 0.2) is 82.8 Å². The molecule has 0 N–H and O–H groups in total. The SMILES string of the molecule is O=C(OCc1ccc(C(=O)N2CCCC2)cc1)c1cccnc1Sc1ccccc1. The van der Waals surface area contributed by atoms with Crippen LogP contribution < -0.4 is 0 Å². The highest BCUT2D eigenvalue weighted by atomic mass is 32.2. The molecule has 30 heavy (non-hydrogen) atoms. The third kappa shape index (κ3) is 4.89. The molecule has 0 aliphatic carbocycles. The molecule has 1 aliphatic rings. The Morgan fingerprint density at radius 3 is 2.40 bits per heavy atom. The van der Waals surface area contributed by atoms with Crippen molar-refractivity contribution in [3.63, 3.8) is 0 Å². The van der Waals surface area contributed by atoms with Gasteiger partial charge >= 0.3 is 5.97 Å². The number of benzene rings is 2. The van der Waals surface area contributed by atoms with Crippen LogP contribution in [-0.2, 0) is 11.3 Å². The zero-order valence-electron chi connectivity index (χ0n) is 16.5. The Balaban J connectivity index is 1.38. The van der Waals surface area contributed by atoms with Crippen molar-refractivity contribution in [2.24, 2.45) is 0 Å². The Bertz CT molecular complexity index is 1020. The van der Waals surface area contributed by atoms with E-state index in [2.05, 4.69) is 4.98 Å². The molecule has 0 spiro atoms. The van der Waals surface area contributed by atoms with E-state index in [1.54, 1.807) is 30.5 Å². The smallest absolute Gasteiger partial charge is 0.341 e. The first kappa shape index (κ1) is 20.2. The maximum atomic E-state index is 12.6. The molecule has 0 unspecified atom stereocenters. The van der Waals surface area contributed by atoms with Crippen LogP contribution >= 0.6 is 11.8 Å². The topological polar surface area (TPSA) is 59.5 Å². The van der Waals surface area contributed by atoms with Crippen LogP contribution in [0, 0.1) is 0 Å². The summed E-state index contributed by atoms with van der Waals surface area (Å²) < 4.78 is 5.51. The molecule has 0 bridgehead atoms. The molecule has 0 radical (unpaired) electrons. The summed E-state index contributed by atoms with van der Waals surface area (Å²) in [6.07, 6.45) is 3.80. The Labute approximate surface area is 180 Å². The fraction of sp³-hybridized carbons (Fsp3) is 0.208. The second-order valence-corrected chi connectivity index (χ2v) is 8.11. The number of amides is 1. The first-order valence-corrected chi connectivity index (χ1v) is 10.8. The Kier molecular flexibility index (Phi) is 6.44. The van der Waals surface area contributed by atoms with Crippen molar-refractivity contribution in [2.45, 2.75) is 29.4 Å². The average molecular weight is 419 g/mol. The van der Waals surface area contributed by atoms with Gasteiger partial charge in [0.2, 0.25) is 0 Å². The molecule has 4 rings (SSSR count). The van der Waals surface area contributed by atoms with E-state index in [0.717, 1.165) is 36.4 Å². The van der Waals surface area contributed by atoms with Crippen LogP contribution in [0.3, 0.4) is 0 Å². The zero-order valence-corrected chi connectivity index (χ0v) is 17.3. The van der Waals surface area contributed by atoms with E-state index in [4.69, 9.17) is 4.74 Å². The number of pyridine rings is 1. The van der Waals surface area contributed by atoms with Gasteiger partial charge in [0, 0.05) is 29.7 Å². The van der Waals surface area contributed by atoms with Crippen LogP contribution in [0.2, 0.25) is 0 Å². The number of rotatable bonds is 6. The van der Waals surface area contributed by atoms with Gasteiger partial charge in [-0.25, -0.2) is 9.78 Å². The monoisotopic (exact) mass is 418 g/mol. The van der Waals surface area contributed by atoms with E-state index in [9.17, 15) is 9.59 Å². The maximum absolute atomic E-state index is 12.6. The lowest BCUT2D eigenvalue weighted by atomic mass is 10.1. The molecule has 152 valence electrons. The van der Waals surface area contributed by atoms with Crippen molar-refractivity contribution in [1.82, 2.24) is 9.88 Å². The third-order valence-corrected chi connectivity index (χ3v) is 5.94. The number of nitrogens with zero attached hydrogens (tertiary/aromatic N) is 2. The fourth-order valence-corrected chi connectivity index (χ4v) is 4.19. The van der Waals surface area contributed by atoms with E-state index >= 15 is 0 Å². The first-order chi connectivity index (χ1) is 14.7. The minimum Gasteiger partial charge on any atom is -0.457 e. The summed E-state index contributed by atoms with van der Waals surface area (Å²) in [7, 11) is 0. The molecule has 0 saturated carbocycles. The van der Waals surface area contributed by atoms with Crippen LogP contribution in [0.5, 0.6) is 0 Å². The summed E-state index contributed by atoms with van der Waals surface area (Å²) in [5.41, 5.74) is 1.94. The predicted octanol–water partition coefficient (Wildman–Crippen LogP) is 4.83. The minimum atomic E-state index is -0.418. The number of aromatic nitrogens is 1. The van der Waals surface area contributed by atoms with Crippen molar-refractivity contribution in [3.8, 4) is 0 Å². The van der Waals surface area contributed by atoms with Crippen LogP contribution in [-0.4, -0.2) is 34.8 Å². The quantitative estimate of drug-likeness (QED) is 0.537. The maximum Gasteiger partial charge on any atom is 0.341 e. The number of ether oxygens (including phenoxy) is 1. The number of carbonyl (C=O) groups excluding carboxylic acids is 2. The van der Waals surface area contributed by atoms with Crippen LogP contribution in [0.4, 0.5) is 0 Å². The van der Waals surface area contributed by atoms with Crippen LogP contribution in [0.1, 0.15) is 39.1 Å².